The molecule has 27 heavy (non-hydrogen) atoms. The van der Waals surface area contributed by atoms with Crippen LogP contribution in [0, 0.1) is 0 Å². The summed E-state index contributed by atoms with van der Waals surface area (Å²) >= 11 is 0. The summed E-state index contributed by atoms with van der Waals surface area (Å²) in [6.07, 6.45) is 4.04. The molecular weight excluding hydrogens is 330 g/mol. The topological polar surface area (TPSA) is 43.1 Å². The van der Waals surface area contributed by atoms with Crippen molar-refractivity contribution in [1.82, 2.24) is 0 Å². The zero-order valence-corrected chi connectivity index (χ0v) is 15.4. The molecule has 2 heteroatoms. The second kappa shape index (κ2) is 8.81. The Bertz CT molecular complexity index is 952. The Labute approximate surface area is 160 Å². The van der Waals surface area contributed by atoms with Crippen LogP contribution in [-0.4, -0.2) is 5.91 Å². The number of carbonyl (C=O) groups excluding carboxylic acids is 1. The van der Waals surface area contributed by atoms with Gasteiger partial charge in [-0.2, -0.15) is 0 Å². The molecule has 134 valence electrons. The highest BCUT2D eigenvalue weighted by atomic mass is 16.1. The van der Waals surface area contributed by atoms with E-state index in [1.165, 1.54) is 28.3 Å². The number of rotatable bonds is 6. The summed E-state index contributed by atoms with van der Waals surface area (Å²) in [7, 11) is 0. The average molecular weight is 353 g/mol. The summed E-state index contributed by atoms with van der Waals surface area (Å²) in [5.41, 5.74) is 12.2. The van der Waals surface area contributed by atoms with Crippen molar-refractivity contribution in [3.63, 3.8) is 0 Å². The standard InChI is InChI=1S/C25H23NO/c1-2-23(20-9-5-3-6-10-20)25(21-11-7-4-8-12-21)22-16-13-19(14-17-22)15-18-24(26)27/h3-18H,2H2,1H3,(H2,26,27)/b18-15+,25-23-. The number of benzene rings is 3. The maximum atomic E-state index is 10.9. The zero-order valence-electron chi connectivity index (χ0n) is 15.4. The lowest BCUT2D eigenvalue weighted by Gasteiger charge is -2.16. The Morgan fingerprint density at radius 2 is 1.30 bits per heavy atom. The van der Waals surface area contributed by atoms with Gasteiger partial charge in [0, 0.05) is 6.08 Å². The maximum Gasteiger partial charge on any atom is 0.241 e. The van der Waals surface area contributed by atoms with Crippen molar-refractivity contribution < 1.29 is 4.79 Å². The van der Waals surface area contributed by atoms with Crippen LogP contribution < -0.4 is 5.73 Å². The van der Waals surface area contributed by atoms with E-state index < -0.39 is 5.91 Å². The zero-order chi connectivity index (χ0) is 19.1. The predicted octanol–water partition coefficient (Wildman–Crippen LogP) is 5.55. The summed E-state index contributed by atoms with van der Waals surface area (Å²) in [6, 6.07) is 29.2. The maximum absolute atomic E-state index is 10.9. The predicted molar refractivity (Wildman–Crippen MR) is 114 cm³/mol. The SMILES string of the molecule is CC/C(=C(\c1ccccc1)c1ccc(/C=C/C(N)=O)cc1)c1ccccc1. The van der Waals surface area contributed by atoms with Gasteiger partial charge < -0.3 is 5.73 Å². The lowest BCUT2D eigenvalue weighted by atomic mass is 9.88. The second-order valence-corrected chi connectivity index (χ2v) is 6.30. The van der Waals surface area contributed by atoms with Crippen LogP contribution in [0.15, 0.2) is 91.0 Å². The van der Waals surface area contributed by atoms with Gasteiger partial charge in [-0.15, -0.1) is 0 Å². The Morgan fingerprint density at radius 3 is 1.81 bits per heavy atom. The minimum absolute atomic E-state index is 0.443. The van der Waals surface area contributed by atoms with Gasteiger partial charge in [-0.1, -0.05) is 91.9 Å². The fourth-order valence-electron chi connectivity index (χ4n) is 3.22. The van der Waals surface area contributed by atoms with Crippen LogP contribution in [0.2, 0.25) is 0 Å². The quantitative estimate of drug-likeness (QED) is 0.458. The van der Waals surface area contributed by atoms with E-state index in [1.807, 2.05) is 24.3 Å². The van der Waals surface area contributed by atoms with E-state index in [4.69, 9.17) is 5.73 Å². The molecule has 0 spiro atoms. The summed E-state index contributed by atoms with van der Waals surface area (Å²) in [4.78, 5) is 10.9. The Hall–Kier alpha value is -3.39. The molecule has 2 nitrogen and oxygen atoms in total. The molecule has 0 fully saturated rings. The minimum Gasteiger partial charge on any atom is -0.366 e. The van der Waals surface area contributed by atoms with Gasteiger partial charge in [0.25, 0.3) is 0 Å². The third kappa shape index (κ3) is 4.62. The summed E-state index contributed by atoms with van der Waals surface area (Å²) in [5, 5.41) is 0. The van der Waals surface area contributed by atoms with Gasteiger partial charge in [0.15, 0.2) is 0 Å². The largest absolute Gasteiger partial charge is 0.366 e. The molecule has 0 heterocycles. The monoisotopic (exact) mass is 353 g/mol. The Balaban J connectivity index is 2.14. The van der Waals surface area contributed by atoms with Gasteiger partial charge in [0.05, 0.1) is 0 Å². The second-order valence-electron chi connectivity index (χ2n) is 6.30. The molecule has 0 unspecified atom stereocenters. The van der Waals surface area contributed by atoms with Crippen LogP contribution in [0.25, 0.3) is 17.2 Å². The molecule has 2 N–H and O–H groups in total. The highest BCUT2D eigenvalue weighted by Gasteiger charge is 2.12. The van der Waals surface area contributed by atoms with Crippen LogP contribution in [0.5, 0.6) is 0 Å². The van der Waals surface area contributed by atoms with Crippen molar-refractivity contribution in [2.24, 2.45) is 5.73 Å². The van der Waals surface area contributed by atoms with Crippen molar-refractivity contribution in [3.05, 3.63) is 113 Å². The number of primary amides is 1. The smallest absolute Gasteiger partial charge is 0.241 e. The summed E-state index contributed by atoms with van der Waals surface area (Å²) in [6.45, 7) is 2.19. The fourth-order valence-corrected chi connectivity index (χ4v) is 3.22. The molecule has 0 aromatic heterocycles. The first-order chi connectivity index (χ1) is 13.2. The third-order valence-electron chi connectivity index (χ3n) is 4.48. The van der Waals surface area contributed by atoms with Gasteiger partial charge >= 0.3 is 0 Å². The van der Waals surface area contributed by atoms with E-state index in [0.29, 0.717) is 0 Å². The van der Waals surface area contributed by atoms with E-state index >= 15 is 0 Å². The molecular formula is C25H23NO. The number of carbonyl (C=O) groups is 1. The number of allylic oxidation sites excluding steroid dienone is 1. The molecule has 0 atom stereocenters. The normalized spacial score (nSPS) is 12.0. The first-order valence-corrected chi connectivity index (χ1v) is 9.11. The summed E-state index contributed by atoms with van der Waals surface area (Å²) in [5.74, 6) is -0.443. The van der Waals surface area contributed by atoms with Gasteiger partial charge in [-0.25, -0.2) is 0 Å². The first kappa shape index (κ1) is 18.4. The first-order valence-electron chi connectivity index (χ1n) is 9.11. The molecule has 3 aromatic rings. The molecule has 0 aliphatic rings. The number of nitrogens with two attached hydrogens (primary N) is 1. The van der Waals surface area contributed by atoms with Crippen LogP contribution >= 0.6 is 0 Å². The average Bonchev–Trinajstić information content (AvgIpc) is 2.72. The molecule has 0 radical (unpaired) electrons. The molecule has 0 aliphatic carbocycles. The summed E-state index contributed by atoms with van der Waals surface area (Å²) < 4.78 is 0. The highest BCUT2D eigenvalue weighted by molar-refractivity contribution is 5.98. The molecule has 0 saturated heterocycles. The number of amides is 1. The molecule has 1 amide bonds. The molecule has 3 rings (SSSR count). The highest BCUT2D eigenvalue weighted by Crippen LogP contribution is 2.34. The fraction of sp³-hybridized carbons (Fsp3) is 0.0800. The van der Waals surface area contributed by atoms with Crippen LogP contribution in [0.3, 0.4) is 0 Å². The van der Waals surface area contributed by atoms with Crippen molar-refractivity contribution >= 4 is 23.1 Å². The number of hydrogen-bond donors (Lipinski definition) is 1. The van der Waals surface area contributed by atoms with Crippen molar-refractivity contribution in [2.75, 3.05) is 0 Å². The minimum atomic E-state index is -0.443. The Kier molecular flexibility index (Phi) is 6.01. The van der Waals surface area contributed by atoms with Gasteiger partial charge in [-0.05, 0) is 45.9 Å². The van der Waals surface area contributed by atoms with Crippen molar-refractivity contribution in [1.29, 1.82) is 0 Å². The van der Waals surface area contributed by atoms with Gasteiger partial charge in [0.1, 0.15) is 0 Å². The van der Waals surface area contributed by atoms with E-state index in [-0.39, 0.29) is 0 Å². The van der Waals surface area contributed by atoms with Gasteiger partial charge in [0.2, 0.25) is 5.91 Å². The van der Waals surface area contributed by atoms with Crippen molar-refractivity contribution in [2.45, 2.75) is 13.3 Å². The number of hydrogen-bond acceptors (Lipinski definition) is 1. The van der Waals surface area contributed by atoms with E-state index in [2.05, 4.69) is 67.6 Å². The van der Waals surface area contributed by atoms with Crippen LogP contribution in [-0.2, 0) is 4.79 Å². The van der Waals surface area contributed by atoms with Crippen molar-refractivity contribution in [3.8, 4) is 0 Å². The lowest BCUT2D eigenvalue weighted by Crippen LogP contribution is -2.05. The van der Waals surface area contributed by atoms with Crippen LogP contribution in [0.1, 0.15) is 35.6 Å². The molecule has 0 aliphatic heterocycles. The van der Waals surface area contributed by atoms with E-state index in [1.54, 1.807) is 6.08 Å². The molecule has 0 bridgehead atoms. The van der Waals surface area contributed by atoms with E-state index in [9.17, 15) is 4.79 Å². The Morgan fingerprint density at radius 1 is 0.778 bits per heavy atom. The van der Waals surface area contributed by atoms with E-state index in [0.717, 1.165) is 17.5 Å². The molecule has 0 saturated carbocycles. The molecule has 3 aromatic carbocycles. The van der Waals surface area contributed by atoms with Crippen LogP contribution in [0.4, 0.5) is 0 Å². The lowest BCUT2D eigenvalue weighted by molar-refractivity contribution is -0.113. The van der Waals surface area contributed by atoms with Gasteiger partial charge in [-0.3, -0.25) is 4.79 Å². The third-order valence-corrected chi connectivity index (χ3v) is 4.48.